The van der Waals surface area contributed by atoms with E-state index in [1.807, 2.05) is 0 Å². The number of aromatic nitrogens is 7. The van der Waals surface area contributed by atoms with E-state index in [4.69, 9.17) is 9.84 Å². The average molecular weight is 267 g/mol. The van der Waals surface area contributed by atoms with Crippen molar-refractivity contribution in [3.8, 4) is 0 Å². The molecule has 2 aromatic rings. The van der Waals surface area contributed by atoms with Gasteiger partial charge in [0.2, 0.25) is 0 Å². The summed E-state index contributed by atoms with van der Waals surface area (Å²) in [7, 11) is 3.19. The monoisotopic (exact) mass is 267 g/mol. The van der Waals surface area contributed by atoms with Crippen LogP contribution in [0.25, 0.3) is 0 Å². The van der Waals surface area contributed by atoms with E-state index in [1.54, 1.807) is 14.2 Å². The summed E-state index contributed by atoms with van der Waals surface area (Å²) in [6.07, 6.45) is 0.394. The molecule has 0 unspecified atom stereocenters. The van der Waals surface area contributed by atoms with Crippen molar-refractivity contribution in [2.24, 2.45) is 7.05 Å². The second-order valence-corrected chi connectivity index (χ2v) is 3.79. The maximum absolute atomic E-state index is 11.1. The molecule has 0 radical (unpaired) electrons. The highest BCUT2D eigenvalue weighted by Crippen LogP contribution is 2.08. The first-order valence-corrected chi connectivity index (χ1v) is 5.49. The minimum Gasteiger partial charge on any atom is -0.476 e. The van der Waals surface area contributed by atoms with Crippen LogP contribution >= 0.6 is 0 Å². The quantitative estimate of drug-likeness (QED) is 0.688. The van der Waals surface area contributed by atoms with Gasteiger partial charge in [0.25, 0.3) is 0 Å². The molecular formula is C9H13N7O3. The van der Waals surface area contributed by atoms with Crippen LogP contribution in [0.4, 0.5) is 0 Å². The molecule has 0 aromatic carbocycles. The normalized spacial score (nSPS) is 10.8. The molecule has 0 saturated carbocycles. The van der Waals surface area contributed by atoms with Crippen LogP contribution in [0.2, 0.25) is 0 Å². The van der Waals surface area contributed by atoms with Gasteiger partial charge >= 0.3 is 5.97 Å². The van der Waals surface area contributed by atoms with Crippen LogP contribution in [-0.2, 0) is 24.8 Å². The Morgan fingerprint density at radius 1 is 1.37 bits per heavy atom. The molecule has 0 atom stereocenters. The third-order valence-electron chi connectivity index (χ3n) is 2.42. The number of ether oxygens (including phenoxy) is 1. The summed E-state index contributed by atoms with van der Waals surface area (Å²) in [5.74, 6) is -0.688. The number of aromatic carboxylic acids is 1. The number of tetrazole rings is 1. The van der Waals surface area contributed by atoms with Gasteiger partial charge in [0, 0.05) is 13.5 Å². The van der Waals surface area contributed by atoms with Gasteiger partial charge in [-0.05, 0) is 5.21 Å². The third-order valence-corrected chi connectivity index (χ3v) is 2.42. The topological polar surface area (TPSA) is 121 Å². The molecule has 0 fully saturated rings. The molecule has 0 bridgehead atoms. The van der Waals surface area contributed by atoms with Crippen molar-refractivity contribution in [1.82, 2.24) is 35.2 Å². The van der Waals surface area contributed by atoms with Gasteiger partial charge in [-0.3, -0.25) is 0 Å². The van der Waals surface area contributed by atoms with E-state index in [-0.39, 0.29) is 12.2 Å². The maximum atomic E-state index is 11.1. The first kappa shape index (κ1) is 13.1. The summed E-state index contributed by atoms with van der Waals surface area (Å²) in [6, 6.07) is 0. The lowest BCUT2D eigenvalue weighted by atomic mass is 10.2. The van der Waals surface area contributed by atoms with E-state index in [1.165, 1.54) is 9.48 Å². The van der Waals surface area contributed by atoms with Gasteiger partial charge in [0.1, 0.15) is 6.54 Å². The fraction of sp³-hybridized carbons (Fsp3) is 0.556. The lowest BCUT2D eigenvalue weighted by Crippen LogP contribution is -2.12. The smallest absolute Gasteiger partial charge is 0.358 e. The van der Waals surface area contributed by atoms with E-state index in [2.05, 4.69) is 25.7 Å². The molecule has 2 rings (SSSR count). The predicted molar refractivity (Wildman–Crippen MR) is 60.5 cm³/mol. The van der Waals surface area contributed by atoms with Crippen LogP contribution < -0.4 is 0 Å². The first-order chi connectivity index (χ1) is 9.11. The van der Waals surface area contributed by atoms with Crippen molar-refractivity contribution in [2.75, 3.05) is 13.7 Å². The van der Waals surface area contributed by atoms with Crippen molar-refractivity contribution in [3.63, 3.8) is 0 Å². The Morgan fingerprint density at radius 3 is 2.74 bits per heavy atom. The molecule has 10 heteroatoms. The molecule has 102 valence electrons. The van der Waals surface area contributed by atoms with Crippen molar-refractivity contribution >= 4 is 5.97 Å². The number of aryl methyl sites for hydroxylation is 1. The number of hydrogen-bond donors (Lipinski definition) is 1. The first-order valence-electron chi connectivity index (χ1n) is 5.49. The third kappa shape index (κ3) is 2.91. The summed E-state index contributed by atoms with van der Waals surface area (Å²) in [6.45, 7) is 0.592. The molecule has 0 aliphatic rings. The number of methoxy groups -OCH3 is 1. The van der Waals surface area contributed by atoms with Gasteiger partial charge in [0.15, 0.2) is 11.5 Å². The lowest BCUT2D eigenvalue weighted by Gasteiger charge is -2.04. The molecule has 0 amide bonds. The maximum Gasteiger partial charge on any atom is 0.358 e. The number of carboxylic acids is 1. The van der Waals surface area contributed by atoms with Gasteiger partial charge in [-0.25, -0.2) is 9.48 Å². The SMILES string of the molecule is COCCc1c(C(=O)O)nnn1Cc1nnn(C)n1. The summed E-state index contributed by atoms with van der Waals surface area (Å²) >= 11 is 0. The minimum atomic E-state index is -1.12. The molecule has 0 spiro atoms. The van der Waals surface area contributed by atoms with Crippen molar-refractivity contribution in [3.05, 3.63) is 17.2 Å². The fourth-order valence-electron chi connectivity index (χ4n) is 1.59. The summed E-state index contributed by atoms with van der Waals surface area (Å²) in [5.41, 5.74) is 0.391. The van der Waals surface area contributed by atoms with Gasteiger partial charge < -0.3 is 9.84 Å². The Labute approximate surface area is 108 Å². The zero-order valence-electron chi connectivity index (χ0n) is 10.5. The second kappa shape index (κ2) is 5.52. The Bertz CT molecular complexity index is 576. The Morgan fingerprint density at radius 2 is 2.16 bits per heavy atom. The lowest BCUT2D eigenvalue weighted by molar-refractivity contribution is 0.0688. The zero-order chi connectivity index (χ0) is 13.8. The molecule has 19 heavy (non-hydrogen) atoms. The molecule has 0 aliphatic heterocycles. The van der Waals surface area contributed by atoms with E-state index in [9.17, 15) is 4.79 Å². The number of hydrogen-bond acceptors (Lipinski definition) is 7. The van der Waals surface area contributed by atoms with E-state index >= 15 is 0 Å². The fourth-order valence-corrected chi connectivity index (χ4v) is 1.59. The van der Waals surface area contributed by atoms with Crippen LogP contribution in [0.5, 0.6) is 0 Å². The molecular weight excluding hydrogens is 254 g/mol. The summed E-state index contributed by atoms with van der Waals surface area (Å²) in [5, 5.41) is 28.0. The van der Waals surface area contributed by atoms with Gasteiger partial charge in [-0.15, -0.1) is 15.3 Å². The Balaban J connectivity index is 2.26. The van der Waals surface area contributed by atoms with Gasteiger partial charge in [0.05, 0.1) is 19.3 Å². The van der Waals surface area contributed by atoms with Crippen molar-refractivity contribution in [1.29, 1.82) is 0 Å². The van der Waals surface area contributed by atoms with E-state index in [0.29, 0.717) is 24.5 Å². The van der Waals surface area contributed by atoms with Crippen LogP contribution in [-0.4, -0.2) is 60.0 Å². The minimum absolute atomic E-state index is 0.0825. The van der Waals surface area contributed by atoms with E-state index < -0.39 is 5.97 Å². The molecule has 0 saturated heterocycles. The van der Waals surface area contributed by atoms with Gasteiger partial charge in [-0.2, -0.15) is 4.80 Å². The largest absolute Gasteiger partial charge is 0.476 e. The van der Waals surface area contributed by atoms with Gasteiger partial charge in [-0.1, -0.05) is 5.21 Å². The van der Waals surface area contributed by atoms with E-state index in [0.717, 1.165) is 0 Å². The molecule has 1 N–H and O–H groups in total. The molecule has 2 heterocycles. The standard InChI is InChI=1S/C9H13N7O3/c1-15-12-7(10-13-15)5-16-6(3-4-19-2)8(9(17)18)11-14-16/h3-5H2,1-2H3,(H,17,18). The van der Waals surface area contributed by atoms with Crippen LogP contribution in [0.3, 0.4) is 0 Å². The van der Waals surface area contributed by atoms with Crippen LogP contribution in [0.1, 0.15) is 22.0 Å². The number of carboxylic acid groups (broad SMARTS) is 1. The van der Waals surface area contributed by atoms with Crippen LogP contribution in [0.15, 0.2) is 0 Å². The Hall–Kier alpha value is -2.36. The number of rotatable bonds is 6. The highest BCUT2D eigenvalue weighted by molar-refractivity contribution is 5.86. The van der Waals surface area contributed by atoms with Crippen molar-refractivity contribution < 1.29 is 14.6 Å². The number of nitrogens with zero attached hydrogens (tertiary/aromatic N) is 7. The molecule has 2 aromatic heterocycles. The Kier molecular flexibility index (Phi) is 3.80. The summed E-state index contributed by atoms with van der Waals surface area (Å²) < 4.78 is 6.39. The average Bonchev–Trinajstić information content (AvgIpc) is 2.94. The van der Waals surface area contributed by atoms with Crippen molar-refractivity contribution in [2.45, 2.75) is 13.0 Å². The highest BCUT2D eigenvalue weighted by Gasteiger charge is 2.19. The zero-order valence-corrected chi connectivity index (χ0v) is 10.5. The molecule has 10 nitrogen and oxygen atoms in total. The second-order valence-electron chi connectivity index (χ2n) is 3.79. The van der Waals surface area contributed by atoms with Crippen LogP contribution in [0, 0.1) is 0 Å². The highest BCUT2D eigenvalue weighted by atomic mass is 16.5. The number of carbonyl (C=O) groups is 1. The predicted octanol–water partition coefficient (Wildman–Crippen LogP) is -1.26. The molecule has 0 aliphatic carbocycles. The summed E-state index contributed by atoms with van der Waals surface area (Å²) in [4.78, 5) is 12.4.